The Labute approximate surface area is 134 Å². The first-order valence-electron chi connectivity index (χ1n) is 7.43. The van der Waals surface area contributed by atoms with Crippen LogP contribution in [0.5, 0.6) is 5.88 Å². The van der Waals surface area contributed by atoms with Crippen LogP contribution in [0, 0.1) is 0 Å². The Kier molecular flexibility index (Phi) is 6.04. The molecule has 0 spiro atoms. The van der Waals surface area contributed by atoms with Gasteiger partial charge in [0.05, 0.1) is 24.6 Å². The van der Waals surface area contributed by atoms with Crippen molar-refractivity contribution < 1.29 is 14.3 Å². The van der Waals surface area contributed by atoms with Crippen molar-refractivity contribution in [1.29, 1.82) is 0 Å². The van der Waals surface area contributed by atoms with Crippen LogP contribution in [0.25, 0.3) is 5.82 Å². The third-order valence-electron chi connectivity index (χ3n) is 3.31. The number of rotatable bonds is 8. The molecule has 0 radical (unpaired) electrons. The molecule has 8 nitrogen and oxygen atoms in total. The maximum Gasteiger partial charge on any atom is 0.254 e. The van der Waals surface area contributed by atoms with Crippen LogP contribution >= 0.6 is 0 Å². The minimum atomic E-state index is -0.148. The molecule has 2 aromatic rings. The Morgan fingerprint density at radius 1 is 1.30 bits per heavy atom. The summed E-state index contributed by atoms with van der Waals surface area (Å²) in [6.45, 7) is 3.14. The highest BCUT2D eigenvalue weighted by Gasteiger charge is 2.17. The first kappa shape index (κ1) is 16.9. The lowest BCUT2D eigenvalue weighted by molar-refractivity contribution is 0.0947. The van der Waals surface area contributed by atoms with Crippen molar-refractivity contribution in [2.75, 3.05) is 27.4 Å². The van der Waals surface area contributed by atoms with E-state index in [1.165, 1.54) is 7.11 Å². The summed E-state index contributed by atoms with van der Waals surface area (Å²) in [7, 11) is 3.16. The summed E-state index contributed by atoms with van der Waals surface area (Å²) in [6, 6.07) is 3.45. The molecule has 124 valence electrons. The first-order chi connectivity index (χ1) is 11.2. The van der Waals surface area contributed by atoms with Gasteiger partial charge in [0.25, 0.3) is 5.91 Å². The topological polar surface area (TPSA) is 91.2 Å². The molecule has 2 rings (SSSR count). The van der Waals surface area contributed by atoms with E-state index in [4.69, 9.17) is 9.47 Å². The average molecular weight is 319 g/mol. The van der Waals surface area contributed by atoms with E-state index in [0.29, 0.717) is 36.8 Å². The van der Waals surface area contributed by atoms with E-state index in [1.54, 1.807) is 30.1 Å². The molecule has 8 heteroatoms. The summed E-state index contributed by atoms with van der Waals surface area (Å²) >= 11 is 0. The van der Waals surface area contributed by atoms with Crippen LogP contribution in [0.15, 0.2) is 18.3 Å². The van der Waals surface area contributed by atoms with Crippen LogP contribution in [-0.4, -0.2) is 53.3 Å². The van der Waals surface area contributed by atoms with E-state index in [2.05, 4.69) is 20.6 Å². The van der Waals surface area contributed by atoms with E-state index in [1.807, 2.05) is 6.92 Å². The van der Waals surface area contributed by atoms with Crippen molar-refractivity contribution in [1.82, 2.24) is 25.3 Å². The van der Waals surface area contributed by atoms with Gasteiger partial charge in [0.1, 0.15) is 0 Å². The third kappa shape index (κ3) is 4.04. The van der Waals surface area contributed by atoms with Gasteiger partial charge in [-0.1, -0.05) is 6.92 Å². The van der Waals surface area contributed by atoms with Gasteiger partial charge >= 0.3 is 0 Å². The van der Waals surface area contributed by atoms with E-state index < -0.39 is 0 Å². The highest BCUT2D eigenvalue weighted by atomic mass is 16.5. The number of nitrogens with one attached hydrogen (secondary N) is 1. The predicted molar refractivity (Wildman–Crippen MR) is 83.9 cm³/mol. The number of carbonyl (C=O) groups excluding carboxylic acids is 1. The van der Waals surface area contributed by atoms with Gasteiger partial charge in [-0.15, -0.1) is 10.2 Å². The van der Waals surface area contributed by atoms with E-state index in [9.17, 15) is 4.79 Å². The molecule has 2 aromatic heterocycles. The maximum absolute atomic E-state index is 12.3. The van der Waals surface area contributed by atoms with Crippen LogP contribution < -0.4 is 10.1 Å². The maximum atomic E-state index is 12.3. The monoisotopic (exact) mass is 319 g/mol. The second kappa shape index (κ2) is 8.23. The first-order valence-corrected chi connectivity index (χ1v) is 7.43. The molecule has 0 bridgehead atoms. The molecule has 0 saturated heterocycles. The predicted octanol–water partition coefficient (Wildman–Crippen LogP) is 1.000. The highest BCUT2D eigenvalue weighted by molar-refractivity contribution is 5.95. The second-order valence-corrected chi connectivity index (χ2v) is 4.81. The molecule has 1 N–H and O–H groups in total. The van der Waals surface area contributed by atoms with Gasteiger partial charge in [0, 0.05) is 26.3 Å². The number of methoxy groups -OCH3 is 2. The molecule has 0 aliphatic heterocycles. The largest absolute Gasteiger partial charge is 0.480 e. The lowest BCUT2D eigenvalue weighted by atomic mass is 10.2. The summed E-state index contributed by atoms with van der Waals surface area (Å²) in [5.74, 6) is 0.821. The Balaban J connectivity index is 2.16. The summed E-state index contributed by atoms with van der Waals surface area (Å²) in [5, 5.41) is 15.1. The molecule has 0 aromatic carbocycles. The average Bonchev–Trinajstić information content (AvgIpc) is 3.02. The Bertz CT molecular complexity index is 639. The molecule has 0 unspecified atom stereocenters. The van der Waals surface area contributed by atoms with Crippen molar-refractivity contribution >= 4 is 5.91 Å². The lowest BCUT2D eigenvalue weighted by Crippen LogP contribution is -2.26. The van der Waals surface area contributed by atoms with Crippen LogP contribution in [0.3, 0.4) is 0 Å². The minimum Gasteiger partial charge on any atom is -0.480 e. The van der Waals surface area contributed by atoms with Crippen molar-refractivity contribution in [2.24, 2.45) is 0 Å². The zero-order chi connectivity index (χ0) is 16.7. The lowest BCUT2D eigenvalue weighted by Gasteiger charge is -2.08. The van der Waals surface area contributed by atoms with E-state index >= 15 is 0 Å². The highest BCUT2D eigenvalue weighted by Crippen LogP contribution is 2.15. The van der Waals surface area contributed by atoms with Gasteiger partial charge in [-0.25, -0.2) is 4.68 Å². The zero-order valence-corrected chi connectivity index (χ0v) is 13.6. The van der Waals surface area contributed by atoms with Crippen LogP contribution in [0.4, 0.5) is 0 Å². The van der Waals surface area contributed by atoms with Crippen LogP contribution in [0.1, 0.15) is 29.4 Å². The fourth-order valence-corrected chi connectivity index (χ4v) is 2.15. The van der Waals surface area contributed by atoms with Crippen molar-refractivity contribution in [3.63, 3.8) is 0 Å². The van der Waals surface area contributed by atoms with Crippen LogP contribution in [0.2, 0.25) is 0 Å². The molecule has 0 atom stereocenters. The van der Waals surface area contributed by atoms with E-state index in [-0.39, 0.29) is 5.91 Å². The van der Waals surface area contributed by atoms with Gasteiger partial charge in [-0.3, -0.25) is 4.79 Å². The summed E-state index contributed by atoms with van der Waals surface area (Å²) in [6.07, 6.45) is 2.97. The Morgan fingerprint density at radius 3 is 2.74 bits per heavy atom. The molecule has 1 amide bonds. The molecule has 0 aliphatic rings. The molecular formula is C15H21N5O3. The zero-order valence-electron chi connectivity index (χ0n) is 13.6. The Morgan fingerprint density at radius 2 is 2.13 bits per heavy atom. The van der Waals surface area contributed by atoms with Crippen molar-refractivity contribution in [3.05, 3.63) is 29.6 Å². The summed E-state index contributed by atoms with van der Waals surface area (Å²) in [4.78, 5) is 12.3. The van der Waals surface area contributed by atoms with Gasteiger partial charge in [-0.05, 0) is 18.9 Å². The van der Waals surface area contributed by atoms with Crippen molar-refractivity contribution in [2.45, 2.75) is 19.8 Å². The van der Waals surface area contributed by atoms with Gasteiger partial charge in [0.2, 0.25) is 5.88 Å². The smallest absolute Gasteiger partial charge is 0.254 e. The van der Waals surface area contributed by atoms with E-state index in [0.717, 1.165) is 12.1 Å². The minimum absolute atomic E-state index is 0.148. The molecule has 23 heavy (non-hydrogen) atoms. The third-order valence-corrected chi connectivity index (χ3v) is 3.31. The van der Waals surface area contributed by atoms with Crippen molar-refractivity contribution in [3.8, 4) is 11.7 Å². The molecule has 0 saturated carbocycles. The normalized spacial score (nSPS) is 10.6. The number of aromatic nitrogens is 4. The summed E-state index contributed by atoms with van der Waals surface area (Å²) < 4.78 is 11.6. The number of amides is 1. The Hall–Kier alpha value is -2.48. The molecule has 2 heterocycles. The number of hydrogen-bond donors (Lipinski definition) is 1. The quantitative estimate of drug-likeness (QED) is 0.730. The molecular weight excluding hydrogens is 298 g/mol. The second-order valence-electron chi connectivity index (χ2n) is 4.81. The van der Waals surface area contributed by atoms with Gasteiger partial charge in [-0.2, -0.15) is 5.10 Å². The number of carbonyl (C=O) groups is 1. The number of hydrogen-bond acceptors (Lipinski definition) is 6. The standard InChI is InChI=1S/C15H21N5O3/c1-4-12-11(15(21)16-8-5-9-22-2)10-17-20(12)13-6-7-14(23-3)19-18-13/h6-7,10H,4-5,8-9H2,1-3H3,(H,16,21). The fourth-order valence-electron chi connectivity index (χ4n) is 2.15. The van der Waals surface area contributed by atoms with Crippen LogP contribution in [-0.2, 0) is 11.2 Å². The molecule has 0 aliphatic carbocycles. The number of ether oxygens (including phenoxy) is 2. The fraction of sp³-hybridized carbons (Fsp3) is 0.467. The SMILES string of the molecule is CCc1c(C(=O)NCCCOC)cnn1-c1ccc(OC)nn1. The summed E-state index contributed by atoms with van der Waals surface area (Å²) in [5.41, 5.74) is 1.33. The molecule has 0 fully saturated rings. The number of nitrogens with zero attached hydrogens (tertiary/aromatic N) is 4. The van der Waals surface area contributed by atoms with Gasteiger partial charge < -0.3 is 14.8 Å². The van der Waals surface area contributed by atoms with Gasteiger partial charge in [0.15, 0.2) is 5.82 Å².